The van der Waals surface area contributed by atoms with Crippen molar-refractivity contribution < 1.29 is 33.6 Å². The number of phenolic OH excluding ortho intramolecular Hbond substituents is 1. The molecule has 0 radical (unpaired) electrons. The summed E-state index contributed by atoms with van der Waals surface area (Å²) in [5.74, 6) is 0.724. The average molecular weight is 556 g/mol. The highest BCUT2D eigenvalue weighted by Gasteiger charge is 2.29. The molecule has 1 aliphatic rings. The van der Waals surface area contributed by atoms with E-state index in [1.54, 1.807) is 67.6 Å². The van der Waals surface area contributed by atoms with Gasteiger partial charge in [0.05, 0.1) is 11.4 Å². The lowest BCUT2D eigenvalue weighted by Crippen LogP contribution is -2.28. The molecule has 0 fully saturated rings. The van der Waals surface area contributed by atoms with Gasteiger partial charge in [0.1, 0.15) is 11.9 Å². The topological polar surface area (TPSA) is 141 Å². The van der Waals surface area contributed by atoms with Crippen LogP contribution in [-0.2, 0) is 14.3 Å². The molecule has 5 rings (SSSR count). The molecule has 0 spiro atoms. The van der Waals surface area contributed by atoms with Crippen molar-refractivity contribution in [1.29, 1.82) is 0 Å². The number of hydrogen-bond acceptors (Lipinski definition) is 8. The van der Waals surface area contributed by atoms with Crippen molar-refractivity contribution in [3.63, 3.8) is 0 Å². The van der Waals surface area contributed by atoms with E-state index in [-0.39, 0.29) is 19.1 Å². The van der Waals surface area contributed by atoms with Crippen LogP contribution >= 0.6 is 0 Å². The van der Waals surface area contributed by atoms with Gasteiger partial charge in [0.2, 0.25) is 12.7 Å². The van der Waals surface area contributed by atoms with Crippen LogP contribution in [0, 0.1) is 0 Å². The average Bonchev–Trinajstić information content (AvgIpc) is 3.44. The smallest absolute Gasteiger partial charge is 0.412 e. The number of anilines is 3. The largest absolute Gasteiger partial charge is 0.507 e. The molecule has 0 unspecified atom stereocenters. The first-order chi connectivity index (χ1) is 19.9. The Labute approximate surface area is 236 Å². The number of hydrogen-bond donors (Lipinski definition) is 4. The number of phenols is 1. The third-order valence-corrected chi connectivity index (χ3v) is 6.41. The van der Waals surface area contributed by atoms with Gasteiger partial charge in [-0.05, 0) is 48.7 Å². The second-order valence-electron chi connectivity index (χ2n) is 9.09. The van der Waals surface area contributed by atoms with Crippen LogP contribution in [0.25, 0.3) is 10.8 Å². The number of rotatable bonds is 9. The second kappa shape index (κ2) is 12.3. The Morgan fingerprint density at radius 1 is 0.976 bits per heavy atom. The zero-order chi connectivity index (χ0) is 28.8. The van der Waals surface area contributed by atoms with Crippen molar-refractivity contribution in [1.82, 2.24) is 0 Å². The Morgan fingerprint density at radius 2 is 1.73 bits per heavy atom. The first-order valence-corrected chi connectivity index (χ1v) is 13.0. The fourth-order valence-electron chi connectivity index (χ4n) is 4.50. The molecule has 1 heterocycles. The van der Waals surface area contributed by atoms with E-state index in [0.29, 0.717) is 44.9 Å². The number of carbonyl (C=O) groups excluding carboxylic acids is 2. The third-order valence-electron chi connectivity index (χ3n) is 6.41. The van der Waals surface area contributed by atoms with E-state index in [1.165, 1.54) is 18.2 Å². The number of aromatic hydroxyl groups is 1. The first kappa shape index (κ1) is 27.4. The van der Waals surface area contributed by atoms with E-state index in [4.69, 9.17) is 24.7 Å². The summed E-state index contributed by atoms with van der Waals surface area (Å²) in [7, 11) is 0. The fraction of sp³-hybridized carbons (Fsp3) is 0.161. The summed E-state index contributed by atoms with van der Waals surface area (Å²) in [6, 6.07) is 22.3. The van der Waals surface area contributed by atoms with Crippen molar-refractivity contribution in [2.24, 2.45) is 0 Å². The van der Waals surface area contributed by atoms with Gasteiger partial charge < -0.3 is 35.1 Å². The minimum Gasteiger partial charge on any atom is -0.507 e. The van der Waals surface area contributed by atoms with E-state index >= 15 is 0 Å². The maximum Gasteiger partial charge on any atom is 0.412 e. The van der Waals surface area contributed by atoms with Gasteiger partial charge in [0.15, 0.2) is 17.6 Å². The van der Waals surface area contributed by atoms with E-state index in [9.17, 15) is 14.7 Å². The lowest BCUT2D eigenvalue weighted by Gasteiger charge is -2.26. The summed E-state index contributed by atoms with van der Waals surface area (Å²) in [6.45, 7) is 2.16. The zero-order valence-electron chi connectivity index (χ0n) is 22.2. The van der Waals surface area contributed by atoms with Crippen molar-refractivity contribution >= 4 is 39.8 Å². The Balaban J connectivity index is 1.45. The maximum absolute atomic E-state index is 13.2. The molecule has 10 heteroatoms. The number of benzene rings is 4. The van der Waals surface area contributed by atoms with E-state index in [1.807, 2.05) is 12.1 Å². The number of carbonyl (C=O) groups is 2. The summed E-state index contributed by atoms with van der Waals surface area (Å²) in [5, 5.41) is 17.1. The Kier molecular flexibility index (Phi) is 8.21. The predicted octanol–water partition coefficient (Wildman–Crippen LogP) is 5.75. The lowest BCUT2D eigenvalue weighted by molar-refractivity contribution is -0.112. The number of amides is 2. The molecular weight excluding hydrogens is 526 g/mol. The molecule has 2 amide bonds. The van der Waals surface area contributed by atoms with Gasteiger partial charge in [0, 0.05) is 35.4 Å². The summed E-state index contributed by atoms with van der Waals surface area (Å²) < 4.78 is 22.7. The predicted molar refractivity (Wildman–Crippen MR) is 155 cm³/mol. The van der Waals surface area contributed by atoms with Gasteiger partial charge in [-0.15, -0.1) is 0 Å². The monoisotopic (exact) mass is 555 g/mol. The molecule has 0 aromatic heterocycles. The van der Waals surface area contributed by atoms with Crippen LogP contribution in [0.5, 0.6) is 17.2 Å². The SMILES string of the molecule is CCO[C@@H](/C=C/C(=O)Nc1ccccc1N)[C@@H](OC(=O)Nc1ccc2c(c1)OCO2)c1ccc(O)c2ccccc12. The molecule has 41 heavy (non-hydrogen) atoms. The normalized spacial score (nSPS) is 13.6. The van der Waals surface area contributed by atoms with Crippen LogP contribution in [-0.4, -0.2) is 36.6 Å². The summed E-state index contributed by atoms with van der Waals surface area (Å²) in [5.41, 5.74) is 7.86. The summed E-state index contributed by atoms with van der Waals surface area (Å²) in [6.07, 6.45) is 0.208. The molecule has 0 bridgehead atoms. The van der Waals surface area contributed by atoms with Crippen LogP contribution in [0.1, 0.15) is 18.6 Å². The molecule has 0 aliphatic carbocycles. The molecule has 210 valence electrons. The van der Waals surface area contributed by atoms with Gasteiger partial charge in [-0.1, -0.05) is 42.5 Å². The number of fused-ring (bicyclic) bond motifs is 2. The highest BCUT2D eigenvalue weighted by molar-refractivity contribution is 6.01. The molecular formula is C31H29N3O7. The molecule has 5 N–H and O–H groups in total. The van der Waals surface area contributed by atoms with Crippen LogP contribution in [0.4, 0.5) is 21.9 Å². The van der Waals surface area contributed by atoms with Crippen LogP contribution < -0.4 is 25.8 Å². The van der Waals surface area contributed by atoms with E-state index in [0.717, 1.165) is 0 Å². The van der Waals surface area contributed by atoms with Crippen LogP contribution in [0.3, 0.4) is 0 Å². The van der Waals surface area contributed by atoms with E-state index < -0.39 is 24.2 Å². The molecule has 10 nitrogen and oxygen atoms in total. The number of nitrogens with one attached hydrogen (secondary N) is 2. The Hall–Kier alpha value is -5.22. The molecule has 0 saturated heterocycles. The lowest BCUT2D eigenvalue weighted by atomic mass is 9.96. The summed E-state index contributed by atoms with van der Waals surface area (Å²) >= 11 is 0. The standard InChI is InChI=1S/C31H29N3O7/c1-2-38-27(15-16-29(36)34-24-10-6-5-9-23(24)32)30(22-12-13-25(35)21-8-4-3-7-20(21)22)41-31(37)33-19-11-14-26-28(17-19)40-18-39-26/h3-17,27,30,35H,2,18,32H2,1H3,(H,33,37)(H,34,36)/b16-15+/t27-,30-/m0/s1. The maximum atomic E-state index is 13.2. The summed E-state index contributed by atoms with van der Waals surface area (Å²) in [4.78, 5) is 26.0. The fourth-order valence-corrected chi connectivity index (χ4v) is 4.50. The van der Waals surface area contributed by atoms with E-state index in [2.05, 4.69) is 10.6 Å². The number of nitrogen functional groups attached to an aromatic ring is 1. The van der Waals surface area contributed by atoms with Crippen LogP contribution in [0.15, 0.2) is 91.0 Å². The van der Waals surface area contributed by atoms with Crippen LogP contribution in [0.2, 0.25) is 0 Å². The molecule has 4 aromatic carbocycles. The van der Waals surface area contributed by atoms with Gasteiger partial charge in [-0.3, -0.25) is 10.1 Å². The number of para-hydroxylation sites is 2. The third kappa shape index (κ3) is 6.34. The molecule has 0 saturated carbocycles. The van der Waals surface area contributed by atoms with Crippen molar-refractivity contribution in [2.45, 2.75) is 19.1 Å². The molecule has 4 aromatic rings. The van der Waals surface area contributed by atoms with Gasteiger partial charge in [0.25, 0.3) is 0 Å². The minimum atomic E-state index is -1.000. The van der Waals surface area contributed by atoms with Crippen molar-refractivity contribution in [2.75, 3.05) is 29.8 Å². The highest BCUT2D eigenvalue weighted by atomic mass is 16.7. The minimum absolute atomic E-state index is 0.0799. The quantitative estimate of drug-likeness (QED) is 0.151. The van der Waals surface area contributed by atoms with Gasteiger partial charge in [-0.2, -0.15) is 0 Å². The van der Waals surface area contributed by atoms with Crippen molar-refractivity contribution in [3.8, 4) is 17.2 Å². The highest BCUT2D eigenvalue weighted by Crippen LogP contribution is 2.37. The zero-order valence-corrected chi connectivity index (χ0v) is 22.2. The molecule has 1 aliphatic heterocycles. The Bertz CT molecular complexity index is 1600. The number of nitrogens with two attached hydrogens (primary N) is 1. The van der Waals surface area contributed by atoms with Gasteiger partial charge >= 0.3 is 6.09 Å². The molecule has 2 atom stereocenters. The second-order valence-corrected chi connectivity index (χ2v) is 9.09. The Morgan fingerprint density at radius 3 is 2.54 bits per heavy atom. The van der Waals surface area contributed by atoms with Crippen molar-refractivity contribution in [3.05, 3.63) is 96.6 Å². The number of ether oxygens (including phenoxy) is 4. The van der Waals surface area contributed by atoms with Gasteiger partial charge in [-0.25, -0.2) is 4.79 Å². The first-order valence-electron chi connectivity index (χ1n) is 13.0.